The van der Waals surface area contributed by atoms with Crippen LogP contribution in [0.4, 0.5) is 25.8 Å². The Bertz CT molecular complexity index is 1500. The molecule has 0 saturated carbocycles. The highest BCUT2D eigenvalue weighted by Crippen LogP contribution is 2.38. The number of ether oxygens (including phenoxy) is 2. The number of aromatic nitrogens is 2. The van der Waals surface area contributed by atoms with E-state index in [2.05, 4.69) is 20.3 Å². The Balaban J connectivity index is 1.70. The van der Waals surface area contributed by atoms with Crippen LogP contribution in [-0.4, -0.2) is 57.1 Å². The van der Waals surface area contributed by atoms with E-state index < -0.39 is 16.3 Å². The van der Waals surface area contributed by atoms with Crippen LogP contribution >= 0.6 is 0 Å². The van der Waals surface area contributed by atoms with Crippen LogP contribution < -0.4 is 10.1 Å². The molecule has 1 aliphatic heterocycles. The number of benzene rings is 1. The molecule has 1 N–H and O–H groups in total. The topological polar surface area (TPSA) is 127 Å². The lowest BCUT2D eigenvalue weighted by Crippen LogP contribution is -2.10. The second-order valence-electron chi connectivity index (χ2n) is 8.21. The molecule has 3 heterocycles. The van der Waals surface area contributed by atoms with Gasteiger partial charge in [-0.25, -0.2) is 27.2 Å². The molecule has 0 unspecified atom stereocenters. The zero-order valence-corrected chi connectivity index (χ0v) is 20.8. The van der Waals surface area contributed by atoms with Crippen molar-refractivity contribution in [2.24, 2.45) is 4.99 Å². The maximum Gasteiger partial charge on any atom is 0.277 e. The molecule has 1 aromatic carbocycles. The number of pyridine rings is 2. The minimum absolute atomic E-state index is 0.0579. The first-order valence-electron chi connectivity index (χ1n) is 11.2. The van der Waals surface area contributed by atoms with Gasteiger partial charge in [-0.3, -0.25) is 4.98 Å². The van der Waals surface area contributed by atoms with Gasteiger partial charge in [0.25, 0.3) is 6.43 Å². The van der Waals surface area contributed by atoms with Crippen LogP contribution in [0.2, 0.25) is 0 Å². The number of sulfone groups is 1. The van der Waals surface area contributed by atoms with E-state index in [1.54, 1.807) is 36.4 Å². The molecule has 0 radical (unpaired) electrons. The third-order valence-corrected chi connectivity index (χ3v) is 6.61. The first kappa shape index (κ1) is 26.1. The largest absolute Gasteiger partial charge is 0.488 e. The summed E-state index contributed by atoms with van der Waals surface area (Å²) in [6, 6.07) is 13.2. The van der Waals surface area contributed by atoms with Gasteiger partial charge in [-0.15, -0.1) is 0 Å². The lowest BCUT2D eigenvalue weighted by Gasteiger charge is -2.15. The number of halogens is 2. The lowest BCUT2D eigenvalue weighted by atomic mass is 10.1. The fourth-order valence-corrected chi connectivity index (χ4v) is 4.65. The molecule has 0 spiro atoms. The highest BCUT2D eigenvalue weighted by atomic mass is 32.2. The predicted octanol–water partition coefficient (Wildman–Crippen LogP) is 4.01. The minimum atomic E-state index is -3.57. The van der Waals surface area contributed by atoms with Crippen molar-refractivity contribution < 1.29 is 26.7 Å². The van der Waals surface area contributed by atoms with Crippen LogP contribution in [0.5, 0.6) is 5.75 Å². The third kappa shape index (κ3) is 6.07. The fraction of sp³-hybridized carbons (Fsp3) is 0.280. The van der Waals surface area contributed by atoms with Crippen LogP contribution in [0, 0.1) is 11.3 Å². The molecule has 12 heteroatoms. The quantitative estimate of drug-likeness (QED) is 0.392. The van der Waals surface area contributed by atoms with E-state index in [0.717, 1.165) is 6.26 Å². The first-order valence-corrected chi connectivity index (χ1v) is 13.0. The van der Waals surface area contributed by atoms with E-state index in [0.29, 0.717) is 35.1 Å². The number of nitrogens with one attached hydrogen (secondary N) is 1. The highest BCUT2D eigenvalue weighted by Gasteiger charge is 2.27. The molecular weight excluding hydrogens is 504 g/mol. The number of fused-ring (bicyclic) bond motifs is 1. The second kappa shape index (κ2) is 11.0. The maximum atomic E-state index is 13.4. The molecule has 0 bridgehead atoms. The van der Waals surface area contributed by atoms with Gasteiger partial charge in [0.1, 0.15) is 18.4 Å². The molecule has 192 valence electrons. The summed E-state index contributed by atoms with van der Waals surface area (Å²) in [7, 11) is -2.03. The summed E-state index contributed by atoms with van der Waals surface area (Å²) in [4.78, 5) is 13.0. The zero-order valence-electron chi connectivity index (χ0n) is 20.0. The molecule has 37 heavy (non-hydrogen) atoms. The molecule has 0 amide bonds. The number of alkyl halides is 2. The molecule has 1 aliphatic rings. The van der Waals surface area contributed by atoms with Crippen molar-refractivity contribution in [3.63, 3.8) is 0 Å². The number of nitriles is 1. The predicted molar refractivity (Wildman–Crippen MR) is 133 cm³/mol. The monoisotopic (exact) mass is 527 g/mol. The first-order chi connectivity index (χ1) is 17.7. The summed E-state index contributed by atoms with van der Waals surface area (Å²) in [5, 5.41) is 12.5. The average molecular weight is 528 g/mol. The Kier molecular flexibility index (Phi) is 7.75. The zero-order chi connectivity index (χ0) is 26.6. The fourth-order valence-electron chi connectivity index (χ4n) is 3.80. The van der Waals surface area contributed by atoms with Crippen molar-refractivity contribution in [1.82, 2.24) is 9.97 Å². The van der Waals surface area contributed by atoms with E-state index in [-0.39, 0.29) is 47.1 Å². The van der Waals surface area contributed by atoms with Crippen molar-refractivity contribution in [3.05, 3.63) is 65.2 Å². The van der Waals surface area contributed by atoms with Gasteiger partial charge in [0.2, 0.25) is 0 Å². The Morgan fingerprint density at radius 3 is 2.59 bits per heavy atom. The molecule has 4 rings (SSSR count). The number of rotatable bonds is 10. The lowest BCUT2D eigenvalue weighted by molar-refractivity contribution is 0.146. The summed E-state index contributed by atoms with van der Waals surface area (Å²) in [6.07, 6.45) is -1.61. The molecule has 0 fully saturated rings. The number of hydrogen-bond donors (Lipinski definition) is 1. The maximum absolute atomic E-state index is 13.4. The van der Waals surface area contributed by atoms with Crippen molar-refractivity contribution in [2.45, 2.75) is 24.2 Å². The summed E-state index contributed by atoms with van der Waals surface area (Å²) in [6.45, 7) is 0.613. The van der Waals surface area contributed by atoms with Crippen molar-refractivity contribution in [1.29, 1.82) is 5.26 Å². The normalized spacial score (nSPS) is 12.7. The molecular formula is C25H23F2N5O4S. The van der Waals surface area contributed by atoms with Gasteiger partial charge >= 0.3 is 0 Å². The van der Waals surface area contributed by atoms with Crippen LogP contribution in [0.25, 0.3) is 0 Å². The Labute approximate surface area is 212 Å². The van der Waals surface area contributed by atoms with Crippen LogP contribution in [0.15, 0.2) is 52.4 Å². The van der Waals surface area contributed by atoms with Gasteiger partial charge in [0.15, 0.2) is 21.3 Å². The number of methoxy groups -OCH3 is 1. The number of anilines is 2. The second-order valence-corrected chi connectivity index (χ2v) is 10.2. The highest BCUT2D eigenvalue weighted by molar-refractivity contribution is 7.90. The number of nitrogens with zero attached hydrogens (tertiary/aromatic N) is 4. The molecule has 0 atom stereocenters. The van der Waals surface area contributed by atoms with E-state index in [4.69, 9.17) is 9.47 Å². The van der Waals surface area contributed by atoms with Crippen molar-refractivity contribution in [3.8, 4) is 11.8 Å². The Hall–Kier alpha value is -3.95. The average Bonchev–Trinajstić information content (AvgIpc) is 3.29. The summed E-state index contributed by atoms with van der Waals surface area (Å²) < 4.78 is 61.9. The molecule has 2 aromatic heterocycles. The third-order valence-electron chi connectivity index (χ3n) is 5.46. The van der Waals surface area contributed by atoms with Gasteiger partial charge in [0, 0.05) is 37.6 Å². The van der Waals surface area contributed by atoms with Gasteiger partial charge < -0.3 is 14.8 Å². The van der Waals surface area contributed by atoms with E-state index >= 15 is 0 Å². The van der Waals surface area contributed by atoms with Gasteiger partial charge in [-0.05, 0) is 30.3 Å². The Morgan fingerprint density at radius 1 is 1.11 bits per heavy atom. The van der Waals surface area contributed by atoms with Gasteiger partial charge in [0.05, 0.1) is 34.3 Å². The van der Waals surface area contributed by atoms with Crippen LogP contribution in [-0.2, 0) is 27.4 Å². The van der Waals surface area contributed by atoms with Crippen LogP contribution in [0.1, 0.15) is 22.8 Å². The molecule has 9 nitrogen and oxygen atoms in total. The molecule has 0 aliphatic carbocycles. The van der Waals surface area contributed by atoms with Gasteiger partial charge in [-0.1, -0.05) is 12.1 Å². The molecule has 3 aromatic rings. The summed E-state index contributed by atoms with van der Waals surface area (Å²) >= 11 is 0. The van der Waals surface area contributed by atoms with Crippen molar-refractivity contribution in [2.75, 3.05) is 31.9 Å². The number of hydrogen-bond acceptors (Lipinski definition) is 9. The molecule has 0 saturated heterocycles. The van der Waals surface area contributed by atoms with E-state index in [1.807, 2.05) is 6.07 Å². The smallest absolute Gasteiger partial charge is 0.277 e. The van der Waals surface area contributed by atoms with Crippen molar-refractivity contribution >= 4 is 32.6 Å². The van der Waals surface area contributed by atoms with E-state index in [1.165, 1.54) is 13.2 Å². The summed E-state index contributed by atoms with van der Waals surface area (Å²) in [5.41, 5.74) is 1.97. The number of aliphatic imine (C=N–C) groups is 1. The SMILES string of the molecule is COCCOc1ccc(Cc2cc(Nc3ccccc3S(C)(=O)=O)c3c(n2)CC(C(F)F)=N3)nc1C#N. The van der Waals surface area contributed by atoms with Crippen LogP contribution in [0.3, 0.4) is 0 Å². The minimum Gasteiger partial charge on any atom is -0.488 e. The number of para-hydroxylation sites is 1. The Morgan fingerprint density at radius 2 is 1.89 bits per heavy atom. The summed E-state index contributed by atoms with van der Waals surface area (Å²) in [5.74, 6) is 0.319. The van der Waals surface area contributed by atoms with Gasteiger partial charge in [-0.2, -0.15) is 5.26 Å². The standard InChI is InChI=1S/C25H23F2N5O4S/c1-35-9-10-36-22-8-7-15(29-21(22)14-28)11-16-12-18(24-19(30-16)13-20(32-24)25(26)27)31-17-5-3-4-6-23(17)37(2,33)34/h3-8,12,25H,9-11,13H2,1-2H3,(H,30,31). The van der Waals surface area contributed by atoms with E-state index in [9.17, 15) is 22.5 Å².